The van der Waals surface area contributed by atoms with E-state index >= 15 is 0 Å². The Morgan fingerprint density at radius 1 is 1.00 bits per heavy atom. The Morgan fingerprint density at radius 2 is 1.73 bits per heavy atom. The van der Waals surface area contributed by atoms with Gasteiger partial charge in [-0.25, -0.2) is 4.98 Å². The molecule has 7 heteroatoms. The summed E-state index contributed by atoms with van der Waals surface area (Å²) in [6.07, 6.45) is 0. The number of nitrogens with zero attached hydrogens (tertiary/aromatic N) is 3. The number of aromatic nitrogens is 2. The molecule has 4 aromatic rings. The molecular weight excluding hydrogens is 396 g/mol. The van der Waals surface area contributed by atoms with E-state index in [-0.39, 0.29) is 5.56 Å². The van der Waals surface area contributed by atoms with Gasteiger partial charge >= 0.3 is 0 Å². The number of piperazine rings is 1. The highest BCUT2D eigenvalue weighted by Gasteiger charge is 2.20. The van der Waals surface area contributed by atoms with E-state index in [1.807, 2.05) is 54.6 Å². The molecule has 0 spiro atoms. The first-order valence-corrected chi connectivity index (χ1v) is 10.8. The summed E-state index contributed by atoms with van der Waals surface area (Å²) < 4.78 is 0. The van der Waals surface area contributed by atoms with Crippen LogP contribution < -0.4 is 10.5 Å². The first-order valence-electron chi connectivity index (χ1n) is 10.0. The van der Waals surface area contributed by atoms with E-state index in [1.165, 1.54) is 0 Å². The number of aromatic hydroxyl groups is 1. The van der Waals surface area contributed by atoms with Gasteiger partial charge < -0.3 is 15.0 Å². The van der Waals surface area contributed by atoms with E-state index in [9.17, 15) is 9.90 Å². The molecule has 1 saturated heterocycles. The number of H-pyrrole nitrogens is 1. The van der Waals surface area contributed by atoms with E-state index in [1.54, 1.807) is 17.4 Å². The minimum Gasteiger partial charge on any atom is -0.506 e. The van der Waals surface area contributed by atoms with Crippen LogP contribution in [0.3, 0.4) is 0 Å². The summed E-state index contributed by atoms with van der Waals surface area (Å²) >= 11 is 1.55. The van der Waals surface area contributed by atoms with Gasteiger partial charge in [-0.3, -0.25) is 9.69 Å². The molecule has 1 aliphatic heterocycles. The molecule has 2 aromatic heterocycles. The topological polar surface area (TPSA) is 72.5 Å². The minimum atomic E-state index is -0.0822. The van der Waals surface area contributed by atoms with Crippen LogP contribution in [0, 0.1) is 0 Å². The Balaban J connectivity index is 1.31. The second-order valence-electron chi connectivity index (χ2n) is 7.46. The number of hydrogen-bond donors (Lipinski definition) is 2. The number of phenols is 1. The van der Waals surface area contributed by atoms with Crippen molar-refractivity contribution in [3.05, 3.63) is 76.8 Å². The highest BCUT2D eigenvalue weighted by molar-refractivity contribution is 7.21. The Morgan fingerprint density at radius 3 is 2.50 bits per heavy atom. The predicted molar refractivity (Wildman–Crippen MR) is 121 cm³/mol. The van der Waals surface area contributed by atoms with Crippen molar-refractivity contribution in [1.29, 1.82) is 0 Å². The van der Waals surface area contributed by atoms with Crippen molar-refractivity contribution in [2.24, 2.45) is 0 Å². The smallest absolute Gasteiger partial charge is 0.259 e. The third-order valence-electron chi connectivity index (χ3n) is 5.48. The number of para-hydroxylation sites is 2. The van der Waals surface area contributed by atoms with Crippen LogP contribution in [0.5, 0.6) is 5.75 Å². The fourth-order valence-corrected chi connectivity index (χ4v) is 4.94. The fraction of sp³-hybridized carbons (Fsp3) is 0.217. The van der Waals surface area contributed by atoms with Crippen molar-refractivity contribution >= 4 is 27.2 Å². The Kier molecular flexibility index (Phi) is 4.98. The van der Waals surface area contributed by atoms with Crippen molar-refractivity contribution in [3.63, 3.8) is 0 Å². The molecule has 3 heterocycles. The van der Waals surface area contributed by atoms with Crippen LogP contribution >= 0.6 is 11.3 Å². The van der Waals surface area contributed by atoms with Gasteiger partial charge in [0.25, 0.3) is 5.56 Å². The molecule has 2 aromatic carbocycles. The summed E-state index contributed by atoms with van der Waals surface area (Å²) in [5.41, 5.74) is 1.89. The van der Waals surface area contributed by atoms with Gasteiger partial charge in [-0.1, -0.05) is 42.5 Å². The van der Waals surface area contributed by atoms with Crippen molar-refractivity contribution in [1.82, 2.24) is 14.9 Å². The maximum Gasteiger partial charge on any atom is 0.259 e. The molecule has 0 atom stereocenters. The van der Waals surface area contributed by atoms with Gasteiger partial charge in [0.15, 0.2) is 0 Å². The zero-order valence-corrected chi connectivity index (χ0v) is 17.2. The van der Waals surface area contributed by atoms with Gasteiger partial charge in [-0.2, -0.15) is 0 Å². The second kappa shape index (κ2) is 7.93. The monoisotopic (exact) mass is 418 g/mol. The lowest BCUT2D eigenvalue weighted by Gasteiger charge is -2.36. The number of rotatable bonds is 4. The van der Waals surface area contributed by atoms with Crippen molar-refractivity contribution in [3.8, 4) is 16.2 Å². The maximum atomic E-state index is 12.6. The Labute approximate surface area is 178 Å². The first-order chi connectivity index (χ1) is 14.7. The summed E-state index contributed by atoms with van der Waals surface area (Å²) in [6.45, 7) is 3.94. The number of fused-ring (bicyclic) bond motifs is 1. The predicted octanol–water partition coefficient (Wildman–Crippen LogP) is 3.68. The van der Waals surface area contributed by atoms with Gasteiger partial charge in [0.1, 0.15) is 16.4 Å². The third kappa shape index (κ3) is 3.69. The van der Waals surface area contributed by atoms with Gasteiger partial charge in [0.2, 0.25) is 0 Å². The lowest BCUT2D eigenvalue weighted by molar-refractivity contribution is 0.243. The summed E-state index contributed by atoms with van der Waals surface area (Å²) in [7, 11) is 0. The summed E-state index contributed by atoms with van der Waals surface area (Å²) in [4.78, 5) is 26.6. The molecule has 1 fully saturated rings. The number of anilines is 1. The molecule has 0 bridgehead atoms. The highest BCUT2D eigenvalue weighted by Crippen LogP contribution is 2.31. The van der Waals surface area contributed by atoms with E-state index < -0.39 is 0 Å². The van der Waals surface area contributed by atoms with E-state index in [4.69, 9.17) is 4.98 Å². The van der Waals surface area contributed by atoms with Gasteiger partial charge in [-0.15, -0.1) is 11.3 Å². The first kappa shape index (κ1) is 18.8. The van der Waals surface area contributed by atoms with E-state index in [0.29, 0.717) is 23.5 Å². The summed E-state index contributed by atoms with van der Waals surface area (Å²) in [6, 6.07) is 19.4. The molecule has 152 valence electrons. The largest absolute Gasteiger partial charge is 0.506 e. The van der Waals surface area contributed by atoms with Gasteiger partial charge in [0.05, 0.1) is 17.6 Å². The Bertz CT molecular complexity index is 1230. The lowest BCUT2D eigenvalue weighted by Crippen LogP contribution is -2.46. The average molecular weight is 419 g/mol. The number of nitrogens with one attached hydrogen (secondary N) is 1. The SMILES string of the molecule is O=c1[nH]c(CN2CCN(c3ccccc3O)CC2)nc2sc(-c3ccccc3)cc12. The summed E-state index contributed by atoms with van der Waals surface area (Å²) in [5, 5.41) is 10.7. The molecule has 1 aliphatic rings. The molecule has 30 heavy (non-hydrogen) atoms. The lowest BCUT2D eigenvalue weighted by atomic mass is 10.2. The fourth-order valence-electron chi connectivity index (χ4n) is 3.89. The highest BCUT2D eigenvalue weighted by atomic mass is 32.1. The molecule has 0 amide bonds. The average Bonchev–Trinajstić information content (AvgIpc) is 3.20. The van der Waals surface area contributed by atoms with Gasteiger partial charge in [-0.05, 0) is 23.8 Å². The maximum absolute atomic E-state index is 12.6. The van der Waals surface area contributed by atoms with Gasteiger partial charge in [0, 0.05) is 31.1 Å². The molecule has 0 unspecified atom stereocenters. The van der Waals surface area contributed by atoms with Crippen LogP contribution in [-0.4, -0.2) is 46.2 Å². The number of thiophene rings is 1. The van der Waals surface area contributed by atoms with Crippen molar-refractivity contribution in [2.75, 3.05) is 31.1 Å². The number of benzene rings is 2. The molecule has 0 radical (unpaired) electrons. The molecular formula is C23H22N4O2S. The quantitative estimate of drug-likeness (QED) is 0.529. The molecule has 2 N–H and O–H groups in total. The number of hydrogen-bond acceptors (Lipinski definition) is 6. The minimum absolute atomic E-state index is 0.0822. The Hall–Kier alpha value is -3.16. The standard InChI is InChI=1S/C23H22N4O2S/c28-19-9-5-4-8-18(19)27-12-10-26(11-13-27)15-21-24-22(29)17-14-20(30-23(17)25-21)16-6-2-1-3-7-16/h1-9,14,28H,10-13,15H2,(H,24,25,29). The number of phenolic OH excluding ortho intramolecular Hbond substituents is 1. The molecule has 0 aliphatic carbocycles. The van der Waals surface area contributed by atoms with E-state index in [2.05, 4.69) is 14.8 Å². The normalized spacial score (nSPS) is 15.0. The van der Waals surface area contributed by atoms with Crippen LogP contribution in [-0.2, 0) is 6.54 Å². The van der Waals surface area contributed by atoms with E-state index in [0.717, 1.165) is 47.1 Å². The zero-order chi connectivity index (χ0) is 20.5. The van der Waals surface area contributed by atoms with Crippen LogP contribution in [0.25, 0.3) is 20.7 Å². The number of aromatic amines is 1. The second-order valence-corrected chi connectivity index (χ2v) is 8.49. The third-order valence-corrected chi connectivity index (χ3v) is 6.56. The molecule has 6 nitrogen and oxygen atoms in total. The summed E-state index contributed by atoms with van der Waals surface area (Å²) in [5.74, 6) is 1.01. The molecule has 5 rings (SSSR count). The van der Waals surface area contributed by atoms with Crippen molar-refractivity contribution in [2.45, 2.75) is 6.54 Å². The van der Waals surface area contributed by atoms with Crippen LogP contribution in [0.15, 0.2) is 65.5 Å². The van der Waals surface area contributed by atoms with Crippen LogP contribution in [0.2, 0.25) is 0 Å². The van der Waals surface area contributed by atoms with Crippen LogP contribution in [0.1, 0.15) is 5.82 Å². The van der Waals surface area contributed by atoms with Crippen LogP contribution in [0.4, 0.5) is 5.69 Å². The zero-order valence-electron chi connectivity index (χ0n) is 16.4. The van der Waals surface area contributed by atoms with Crippen molar-refractivity contribution < 1.29 is 5.11 Å². The molecule has 0 saturated carbocycles.